The van der Waals surface area contributed by atoms with Gasteiger partial charge in [0, 0.05) is 10.9 Å². The maximum atomic E-state index is 12.5. The van der Waals surface area contributed by atoms with Crippen molar-refractivity contribution in [1.29, 1.82) is 0 Å². The summed E-state index contributed by atoms with van der Waals surface area (Å²) in [5.74, 6) is -1.41. The zero-order valence-electron chi connectivity index (χ0n) is 13.4. The fraction of sp³-hybridized carbons (Fsp3) is 0.0625. The topological polar surface area (TPSA) is 113 Å². The van der Waals surface area contributed by atoms with Crippen molar-refractivity contribution in [2.75, 3.05) is 11.9 Å². The molecule has 1 aliphatic heterocycles. The van der Waals surface area contributed by atoms with E-state index in [1.807, 2.05) is 17.5 Å². The summed E-state index contributed by atoms with van der Waals surface area (Å²) >= 11 is 7.75. The van der Waals surface area contributed by atoms with Crippen LogP contribution in [0.3, 0.4) is 0 Å². The summed E-state index contributed by atoms with van der Waals surface area (Å²) in [5, 5.41) is 24.8. The second-order valence-electron chi connectivity index (χ2n) is 5.29. The van der Waals surface area contributed by atoms with Gasteiger partial charge in [-0.05, 0) is 23.6 Å². The quantitative estimate of drug-likeness (QED) is 0.251. The summed E-state index contributed by atoms with van der Waals surface area (Å²) in [6.45, 7) is -0.330. The molecule has 0 saturated carbocycles. The van der Waals surface area contributed by atoms with E-state index in [2.05, 4.69) is 5.32 Å². The van der Waals surface area contributed by atoms with Gasteiger partial charge in [0.05, 0.1) is 21.6 Å². The number of nitro groups is 1. The Bertz CT molecular complexity index is 972. The first-order chi connectivity index (χ1) is 12.8. The summed E-state index contributed by atoms with van der Waals surface area (Å²) in [4.78, 5) is 37.2. The Kier molecular flexibility index (Phi) is 5.54. The Balaban J connectivity index is 1.68. The number of thiocarbonyl (C=S) groups is 1. The molecular formula is C16H11N3O5S3. The van der Waals surface area contributed by atoms with Crippen LogP contribution >= 0.6 is 35.3 Å². The van der Waals surface area contributed by atoms with Gasteiger partial charge in [0.25, 0.3) is 11.6 Å². The van der Waals surface area contributed by atoms with Crippen LogP contribution in [-0.2, 0) is 9.59 Å². The highest BCUT2D eigenvalue weighted by Gasteiger charge is 2.33. The van der Waals surface area contributed by atoms with Crippen LogP contribution in [0.4, 0.5) is 11.4 Å². The number of thiophene rings is 1. The molecule has 138 valence electrons. The molecule has 1 aromatic heterocycles. The number of phenols is 1. The average Bonchev–Trinajstić information content (AvgIpc) is 3.21. The van der Waals surface area contributed by atoms with Gasteiger partial charge in [0.1, 0.15) is 16.6 Å². The molecule has 2 aromatic rings. The lowest BCUT2D eigenvalue weighted by Crippen LogP contribution is -2.36. The molecule has 0 radical (unpaired) electrons. The number of hydrogen-bond acceptors (Lipinski definition) is 8. The van der Waals surface area contributed by atoms with Gasteiger partial charge in [-0.15, -0.1) is 11.3 Å². The molecule has 27 heavy (non-hydrogen) atoms. The number of aromatic hydroxyl groups is 1. The van der Waals surface area contributed by atoms with E-state index in [1.54, 1.807) is 6.08 Å². The minimum Gasteiger partial charge on any atom is -0.506 e. The minimum atomic E-state index is -0.661. The number of carbonyl (C=O) groups excluding carboxylic acids is 2. The van der Waals surface area contributed by atoms with Crippen LogP contribution < -0.4 is 5.32 Å². The van der Waals surface area contributed by atoms with Gasteiger partial charge in [0.15, 0.2) is 0 Å². The van der Waals surface area contributed by atoms with E-state index in [9.17, 15) is 24.8 Å². The summed E-state index contributed by atoms with van der Waals surface area (Å²) in [5.41, 5.74) is -0.300. The number of rotatable bonds is 5. The van der Waals surface area contributed by atoms with Crippen molar-refractivity contribution >= 4 is 68.9 Å². The number of benzene rings is 1. The van der Waals surface area contributed by atoms with Crippen molar-refractivity contribution in [3.8, 4) is 5.75 Å². The molecule has 11 heteroatoms. The Morgan fingerprint density at radius 3 is 2.81 bits per heavy atom. The van der Waals surface area contributed by atoms with E-state index in [0.29, 0.717) is 4.91 Å². The van der Waals surface area contributed by atoms with Crippen molar-refractivity contribution in [3.63, 3.8) is 0 Å². The Morgan fingerprint density at radius 2 is 2.19 bits per heavy atom. The van der Waals surface area contributed by atoms with Crippen molar-refractivity contribution in [3.05, 3.63) is 55.6 Å². The van der Waals surface area contributed by atoms with E-state index in [4.69, 9.17) is 12.2 Å². The van der Waals surface area contributed by atoms with Crippen molar-refractivity contribution < 1.29 is 19.6 Å². The molecule has 2 amide bonds. The first-order valence-corrected chi connectivity index (χ1v) is 9.51. The second-order valence-corrected chi connectivity index (χ2v) is 7.95. The molecule has 1 aromatic carbocycles. The number of anilines is 1. The summed E-state index contributed by atoms with van der Waals surface area (Å²) < 4.78 is 0.255. The van der Waals surface area contributed by atoms with E-state index in [1.165, 1.54) is 17.4 Å². The van der Waals surface area contributed by atoms with Crippen LogP contribution in [-0.4, -0.2) is 37.6 Å². The van der Waals surface area contributed by atoms with Gasteiger partial charge < -0.3 is 10.4 Å². The molecule has 1 fully saturated rings. The number of nitrogens with zero attached hydrogens (tertiary/aromatic N) is 2. The molecule has 0 atom stereocenters. The number of carbonyl (C=O) groups is 2. The zero-order valence-corrected chi connectivity index (χ0v) is 15.9. The van der Waals surface area contributed by atoms with Crippen LogP contribution in [0.15, 0.2) is 40.6 Å². The van der Waals surface area contributed by atoms with Gasteiger partial charge in [-0.2, -0.15) is 0 Å². The fourth-order valence-corrected chi connectivity index (χ4v) is 4.19. The lowest BCUT2D eigenvalue weighted by atomic mass is 10.2. The number of non-ortho nitro benzene ring substituents is 1. The third-order valence-corrected chi connectivity index (χ3v) is 5.66. The predicted molar refractivity (Wildman–Crippen MR) is 108 cm³/mol. The number of nitro benzene ring substituents is 1. The van der Waals surface area contributed by atoms with E-state index >= 15 is 0 Å². The third kappa shape index (κ3) is 4.32. The standard InChI is InChI=1S/C16H11N3O5S3/c20-12-6-9(19(23)24)3-4-11(12)17-14(21)8-18-15(22)13(27-16(18)25)7-10-2-1-5-26-10/h1-7,20H,8H2,(H,17,21). The Hall–Kier alpha value is -2.76. The number of nitrogens with one attached hydrogen (secondary N) is 1. The highest BCUT2D eigenvalue weighted by atomic mass is 32.2. The fourth-order valence-electron chi connectivity index (χ4n) is 2.21. The normalized spacial score (nSPS) is 15.4. The lowest BCUT2D eigenvalue weighted by molar-refractivity contribution is -0.384. The van der Waals surface area contributed by atoms with Crippen molar-refractivity contribution in [1.82, 2.24) is 4.90 Å². The van der Waals surface area contributed by atoms with Crippen LogP contribution in [0.2, 0.25) is 0 Å². The molecule has 0 unspecified atom stereocenters. The molecular weight excluding hydrogens is 410 g/mol. The largest absolute Gasteiger partial charge is 0.506 e. The van der Waals surface area contributed by atoms with Gasteiger partial charge >= 0.3 is 0 Å². The zero-order chi connectivity index (χ0) is 19.6. The summed E-state index contributed by atoms with van der Waals surface area (Å²) in [6, 6.07) is 7.02. The first kappa shape index (κ1) is 19.0. The third-order valence-electron chi connectivity index (χ3n) is 3.46. The summed E-state index contributed by atoms with van der Waals surface area (Å²) in [7, 11) is 0. The van der Waals surface area contributed by atoms with Crippen LogP contribution in [0.1, 0.15) is 4.88 Å². The second kappa shape index (κ2) is 7.86. The predicted octanol–water partition coefficient (Wildman–Crippen LogP) is 3.20. The maximum Gasteiger partial charge on any atom is 0.273 e. The SMILES string of the molecule is O=C(CN1C(=O)C(=Cc2cccs2)SC1=S)Nc1ccc([N+](=O)[O-])cc1O. The van der Waals surface area contributed by atoms with Gasteiger partial charge in [-0.3, -0.25) is 24.6 Å². The molecule has 1 saturated heterocycles. The highest BCUT2D eigenvalue weighted by Crippen LogP contribution is 2.33. The Labute approximate surface area is 166 Å². The Morgan fingerprint density at radius 1 is 1.41 bits per heavy atom. The van der Waals surface area contributed by atoms with E-state index in [0.717, 1.165) is 33.7 Å². The van der Waals surface area contributed by atoms with Crippen LogP contribution in [0.25, 0.3) is 6.08 Å². The van der Waals surface area contributed by atoms with Gasteiger partial charge in [-0.1, -0.05) is 30.0 Å². The first-order valence-electron chi connectivity index (χ1n) is 7.41. The van der Waals surface area contributed by atoms with Crippen molar-refractivity contribution in [2.24, 2.45) is 0 Å². The van der Waals surface area contributed by atoms with Gasteiger partial charge in [-0.25, -0.2) is 0 Å². The highest BCUT2D eigenvalue weighted by molar-refractivity contribution is 8.26. The summed E-state index contributed by atoms with van der Waals surface area (Å²) in [6.07, 6.45) is 1.71. The van der Waals surface area contributed by atoms with Crippen molar-refractivity contribution in [2.45, 2.75) is 0 Å². The molecule has 0 bridgehead atoms. The number of amides is 2. The lowest BCUT2D eigenvalue weighted by Gasteiger charge is -2.14. The molecule has 2 heterocycles. The smallest absolute Gasteiger partial charge is 0.273 e. The molecule has 0 aliphatic carbocycles. The average molecular weight is 421 g/mol. The van der Waals surface area contributed by atoms with E-state index < -0.39 is 16.6 Å². The molecule has 0 spiro atoms. The van der Waals surface area contributed by atoms with Crippen LogP contribution in [0, 0.1) is 10.1 Å². The van der Waals surface area contributed by atoms with Crippen LogP contribution in [0.5, 0.6) is 5.75 Å². The molecule has 3 rings (SSSR count). The monoisotopic (exact) mass is 421 g/mol. The minimum absolute atomic E-state index is 0.00479. The molecule has 1 aliphatic rings. The molecule has 2 N–H and O–H groups in total. The maximum absolute atomic E-state index is 12.5. The number of hydrogen-bond donors (Lipinski definition) is 2. The van der Waals surface area contributed by atoms with E-state index in [-0.39, 0.29) is 28.1 Å². The number of phenolic OH excluding ortho intramolecular Hbond substituents is 1. The molecule has 8 nitrogen and oxygen atoms in total. The number of thioether (sulfide) groups is 1. The van der Waals surface area contributed by atoms with Gasteiger partial charge in [0.2, 0.25) is 5.91 Å².